The van der Waals surface area contributed by atoms with E-state index in [1.807, 2.05) is 133 Å². The van der Waals surface area contributed by atoms with Crippen molar-refractivity contribution >= 4 is 52.7 Å². The van der Waals surface area contributed by atoms with Crippen molar-refractivity contribution in [1.82, 2.24) is 29.9 Å². The van der Waals surface area contributed by atoms with Gasteiger partial charge in [0.05, 0.1) is 67.5 Å². The number of carbonyl (C=O) groups is 6. The second-order valence-electron chi connectivity index (χ2n) is 23.2. The maximum absolute atomic E-state index is 14.0. The molecule has 0 bridgehead atoms. The number of benzene rings is 8. The molecule has 0 fully saturated rings. The summed E-state index contributed by atoms with van der Waals surface area (Å²) in [5, 5.41) is 8.69. The normalized spacial score (nSPS) is 10.8. The predicted molar refractivity (Wildman–Crippen MR) is 389 cm³/mol. The second-order valence-corrected chi connectivity index (χ2v) is 23.2. The quantitative estimate of drug-likeness (QED) is 0.0503. The van der Waals surface area contributed by atoms with Crippen LogP contribution in [0.25, 0.3) is 78.7 Å². The summed E-state index contributed by atoms with van der Waals surface area (Å²) >= 11 is 0. The fourth-order valence-electron chi connectivity index (χ4n) is 11.0. The van der Waals surface area contributed by atoms with Gasteiger partial charge in [-0.15, -0.1) is 0 Å². The minimum Gasteiger partial charge on any atom is -0.423 e. The van der Waals surface area contributed by atoms with Gasteiger partial charge in [-0.2, -0.15) is 0 Å². The highest BCUT2D eigenvalue weighted by Gasteiger charge is 2.22. The van der Waals surface area contributed by atoms with Gasteiger partial charge in [0.1, 0.15) is 17.2 Å². The van der Waals surface area contributed by atoms with Gasteiger partial charge in [-0.05, 0) is 188 Å². The molecule has 490 valence electrons. The second kappa shape index (κ2) is 29.9. The number of nitrogens with one attached hydrogen (secondary N) is 3. The van der Waals surface area contributed by atoms with E-state index in [9.17, 15) is 28.8 Å². The molecule has 18 nitrogen and oxygen atoms in total. The highest BCUT2D eigenvalue weighted by Crippen LogP contribution is 2.32. The molecular formula is C84H55N9O9. The van der Waals surface area contributed by atoms with Crippen LogP contribution >= 0.6 is 0 Å². The minimum absolute atomic E-state index is 0.104. The van der Waals surface area contributed by atoms with Crippen molar-refractivity contribution in [3.8, 4) is 95.9 Å². The number of anilines is 3. The number of ether oxygens (including phenoxy) is 3. The van der Waals surface area contributed by atoms with E-state index in [4.69, 9.17) is 19.2 Å². The summed E-state index contributed by atoms with van der Waals surface area (Å²) in [5.41, 5.74) is 12.1. The fourth-order valence-corrected chi connectivity index (χ4v) is 11.0. The molecule has 14 aromatic rings. The molecule has 6 aromatic heterocycles. The number of esters is 3. The summed E-state index contributed by atoms with van der Waals surface area (Å²) in [6, 6.07) is 81.0. The number of carbonyl (C=O) groups excluding carboxylic acids is 6. The van der Waals surface area contributed by atoms with Crippen molar-refractivity contribution in [2.75, 3.05) is 16.0 Å². The van der Waals surface area contributed by atoms with Gasteiger partial charge >= 0.3 is 17.9 Å². The average molecular weight is 1330 g/mol. The molecule has 0 spiro atoms. The van der Waals surface area contributed by atoms with Gasteiger partial charge in [0.25, 0.3) is 17.7 Å². The van der Waals surface area contributed by atoms with Crippen molar-refractivity contribution in [2.45, 2.75) is 0 Å². The van der Waals surface area contributed by atoms with Crippen LogP contribution in [0.1, 0.15) is 62.1 Å². The Morgan fingerprint density at radius 3 is 0.863 bits per heavy atom. The molecule has 0 saturated heterocycles. The fraction of sp³-hybridized carbons (Fsp3) is 0. The third-order valence-corrected chi connectivity index (χ3v) is 16.2. The van der Waals surface area contributed by atoms with E-state index in [1.165, 1.54) is 36.8 Å². The van der Waals surface area contributed by atoms with E-state index >= 15 is 0 Å². The molecule has 8 aromatic carbocycles. The Balaban J connectivity index is 0.634. The van der Waals surface area contributed by atoms with Gasteiger partial charge in [-0.1, -0.05) is 97.1 Å². The molecule has 0 atom stereocenters. The number of rotatable bonds is 19. The van der Waals surface area contributed by atoms with Gasteiger partial charge in [-0.25, -0.2) is 14.4 Å². The Hall–Kier alpha value is -14.5. The topological polar surface area (TPSA) is 244 Å². The molecule has 0 unspecified atom stereocenters. The number of hydrogen-bond acceptors (Lipinski definition) is 15. The summed E-state index contributed by atoms with van der Waals surface area (Å²) in [6.07, 6.45) is 9.55. The van der Waals surface area contributed by atoms with E-state index in [1.54, 1.807) is 146 Å². The molecule has 3 N–H and O–H groups in total. The third kappa shape index (κ3) is 15.6. The molecule has 3 amide bonds. The lowest BCUT2D eigenvalue weighted by Crippen LogP contribution is -2.16. The smallest absolute Gasteiger partial charge is 0.343 e. The standard InChI is InChI=1S/C84H55N9O9/c94-79(61-27-37-75(88-50-61)53-12-3-1-4-13-53)91-67-46-68(92-80(95)62-28-38-76(89-51-62)54-14-5-2-6-15-54)48-69(47-67)93-81(96)63-29-39-78(90-52-63)59-17-11-16-58(42-59)60-26-36-77(87-49-60)57-24-34-72(35-25-57)102-84(99)66-44-64(82(97)100-70-30-20-55(21-31-70)73-18-7-9-40-85-73)43-65(45-66)83(98)101-71-32-22-56(23-33-71)74-19-8-10-41-86-74/h1-52H,(H,91,94)(H,92,95)(H,93,96). The summed E-state index contributed by atoms with van der Waals surface area (Å²) < 4.78 is 17.3. The first kappa shape index (κ1) is 64.8. The number of hydrogen-bond donors (Lipinski definition) is 3. The lowest BCUT2D eigenvalue weighted by molar-refractivity contribution is 0.0732. The van der Waals surface area contributed by atoms with Crippen LogP contribution in [0.3, 0.4) is 0 Å². The lowest BCUT2D eigenvalue weighted by atomic mass is 10.0. The zero-order chi connectivity index (χ0) is 69.7. The van der Waals surface area contributed by atoms with Crippen LogP contribution in [0.5, 0.6) is 17.2 Å². The molecule has 0 radical (unpaired) electrons. The lowest BCUT2D eigenvalue weighted by Gasteiger charge is -2.14. The largest absolute Gasteiger partial charge is 0.423 e. The van der Waals surface area contributed by atoms with Crippen molar-refractivity contribution in [3.05, 3.63) is 350 Å². The van der Waals surface area contributed by atoms with E-state index in [-0.39, 0.29) is 56.6 Å². The van der Waals surface area contributed by atoms with Gasteiger partial charge in [-0.3, -0.25) is 44.3 Å². The Morgan fingerprint density at radius 2 is 0.529 bits per heavy atom. The number of amides is 3. The maximum Gasteiger partial charge on any atom is 0.343 e. The Morgan fingerprint density at radius 1 is 0.225 bits per heavy atom. The van der Waals surface area contributed by atoms with Crippen LogP contribution in [0.15, 0.2) is 316 Å². The zero-order valence-electron chi connectivity index (χ0n) is 53.9. The molecule has 0 aliphatic heterocycles. The molecule has 14 rings (SSSR count). The van der Waals surface area contributed by atoms with Crippen LogP contribution in [0.2, 0.25) is 0 Å². The van der Waals surface area contributed by atoms with Crippen LogP contribution in [0.4, 0.5) is 17.1 Å². The maximum atomic E-state index is 14.0. The molecule has 0 aliphatic rings. The van der Waals surface area contributed by atoms with Gasteiger partial charge in [0.2, 0.25) is 0 Å². The van der Waals surface area contributed by atoms with Gasteiger partial charge in [0, 0.05) is 93.2 Å². The van der Waals surface area contributed by atoms with E-state index in [0.29, 0.717) is 33.9 Å². The van der Waals surface area contributed by atoms with Gasteiger partial charge < -0.3 is 30.2 Å². The number of pyridine rings is 6. The van der Waals surface area contributed by atoms with Crippen LogP contribution in [-0.4, -0.2) is 65.5 Å². The van der Waals surface area contributed by atoms with Crippen LogP contribution < -0.4 is 30.2 Å². The highest BCUT2D eigenvalue weighted by molar-refractivity contribution is 6.09. The monoisotopic (exact) mass is 1330 g/mol. The van der Waals surface area contributed by atoms with Crippen LogP contribution in [0, 0.1) is 0 Å². The number of nitrogens with zero attached hydrogens (tertiary/aromatic N) is 6. The molecule has 102 heavy (non-hydrogen) atoms. The van der Waals surface area contributed by atoms with Crippen LogP contribution in [-0.2, 0) is 0 Å². The number of aromatic nitrogens is 6. The van der Waals surface area contributed by atoms with E-state index in [0.717, 1.165) is 55.9 Å². The molecular weight excluding hydrogens is 1280 g/mol. The first-order valence-corrected chi connectivity index (χ1v) is 32.0. The molecule has 0 aliphatic carbocycles. The van der Waals surface area contributed by atoms with Gasteiger partial charge in [0.15, 0.2) is 0 Å². The molecule has 18 heteroatoms. The van der Waals surface area contributed by atoms with Crippen molar-refractivity contribution < 1.29 is 43.0 Å². The first-order chi connectivity index (χ1) is 49.9. The summed E-state index contributed by atoms with van der Waals surface area (Å²) in [4.78, 5) is 110. The average Bonchev–Trinajstić information content (AvgIpc) is 0.826. The molecule has 0 saturated carbocycles. The van der Waals surface area contributed by atoms with Crippen molar-refractivity contribution in [1.29, 1.82) is 0 Å². The summed E-state index contributed by atoms with van der Waals surface area (Å²) in [6.45, 7) is 0. The Labute approximate surface area is 584 Å². The highest BCUT2D eigenvalue weighted by atomic mass is 16.5. The van der Waals surface area contributed by atoms with Crippen molar-refractivity contribution in [2.24, 2.45) is 0 Å². The summed E-state index contributed by atoms with van der Waals surface area (Å²) in [7, 11) is 0. The Bertz CT molecular complexity index is 5160. The first-order valence-electron chi connectivity index (χ1n) is 32.0. The van der Waals surface area contributed by atoms with E-state index < -0.39 is 35.6 Å². The zero-order valence-corrected chi connectivity index (χ0v) is 53.9. The third-order valence-electron chi connectivity index (χ3n) is 16.2. The van der Waals surface area contributed by atoms with E-state index in [2.05, 4.69) is 40.9 Å². The van der Waals surface area contributed by atoms with Crippen molar-refractivity contribution in [3.63, 3.8) is 0 Å². The SMILES string of the molecule is O=C(Nc1cc(NC(=O)c2ccc(-c3ccccc3)nc2)cc(NC(=O)c2ccc(-c3cccc(-c4ccc(-c5ccc(OC(=O)c6cc(C(=O)Oc7ccc(-c8ccccn8)cc7)cc(C(=O)Oc7ccc(-c8ccccn8)cc7)c6)cc5)nc4)c3)nc2)c1)c1ccc(-c2ccccc2)nc1. The molecule has 6 heterocycles. The minimum atomic E-state index is -0.853. The predicted octanol–water partition coefficient (Wildman–Crippen LogP) is 17.1. The summed E-state index contributed by atoms with van der Waals surface area (Å²) in [5.74, 6) is -3.31. The Kier molecular flexibility index (Phi) is 19.0.